The van der Waals surface area contributed by atoms with Crippen molar-refractivity contribution < 1.29 is 4.79 Å². The van der Waals surface area contributed by atoms with Crippen molar-refractivity contribution in [1.82, 2.24) is 19.9 Å². The van der Waals surface area contributed by atoms with E-state index in [0.717, 1.165) is 33.2 Å². The van der Waals surface area contributed by atoms with Crippen LogP contribution in [0.15, 0.2) is 84.9 Å². The number of carbonyl (C=O) groups excluding carboxylic acids is 1. The highest BCUT2D eigenvalue weighted by Crippen LogP contribution is 2.25. The monoisotopic (exact) mass is 479 g/mol. The van der Waals surface area contributed by atoms with Crippen molar-refractivity contribution in [3.63, 3.8) is 0 Å². The molecule has 6 aromatic rings. The van der Waals surface area contributed by atoms with Crippen molar-refractivity contribution in [3.8, 4) is 34.9 Å². The van der Waals surface area contributed by atoms with Crippen molar-refractivity contribution in [2.75, 3.05) is 5.32 Å². The molecule has 0 bridgehead atoms. The Morgan fingerprint density at radius 3 is 1.73 bits per heavy atom. The van der Waals surface area contributed by atoms with Crippen LogP contribution in [0.4, 0.5) is 5.69 Å². The average molecular weight is 480 g/mol. The topological polar surface area (TPSA) is 134 Å². The fraction of sp³-hybridized carbons (Fsp3) is 0. The number of nitrogens with one attached hydrogen (secondary N) is 3. The molecule has 8 heteroatoms. The lowest BCUT2D eigenvalue weighted by Gasteiger charge is -2.05. The Morgan fingerprint density at radius 2 is 1.19 bits per heavy atom. The van der Waals surface area contributed by atoms with Crippen LogP contribution in [0.2, 0.25) is 0 Å². The summed E-state index contributed by atoms with van der Waals surface area (Å²) >= 11 is 0. The summed E-state index contributed by atoms with van der Waals surface area (Å²) in [5, 5.41) is 20.9. The van der Waals surface area contributed by atoms with Gasteiger partial charge in [0.25, 0.3) is 5.91 Å². The molecule has 0 unspecified atom stereocenters. The highest BCUT2D eigenvalue weighted by molar-refractivity contribution is 6.06. The number of aromatic amines is 2. The lowest BCUT2D eigenvalue weighted by molar-refractivity contribution is 0.102. The maximum atomic E-state index is 13.0. The summed E-state index contributed by atoms with van der Waals surface area (Å²) in [6, 6.07) is 29.3. The molecular weight excluding hydrogens is 462 g/mol. The number of nitrogens with zero attached hydrogens (tertiary/aromatic N) is 4. The molecule has 0 fully saturated rings. The molecular formula is C29H17N7O. The summed E-state index contributed by atoms with van der Waals surface area (Å²) < 4.78 is 0. The van der Waals surface area contributed by atoms with Crippen LogP contribution < -0.4 is 5.32 Å². The van der Waals surface area contributed by atoms with Crippen LogP contribution in [0.25, 0.3) is 44.8 Å². The van der Waals surface area contributed by atoms with E-state index in [4.69, 9.17) is 10.5 Å². The Bertz CT molecular complexity index is 1880. The van der Waals surface area contributed by atoms with Gasteiger partial charge in [0, 0.05) is 22.4 Å². The van der Waals surface area contributed by atoms with E-state index in [0.29, 0.717) is 34.0 Å². The molecule has 0 aliphatic rings. The van der Waals surface area contributed by atoms with Crippen LogP contribution in [-0.2, 0) is 0 Å². The van der Waals surface area contributed by atoms with Crippen molar-refractivity contribution >= 4 is 33.7 Å². The highest BCUT2D eigenvalue weighted by atomic mass is 16.1. The number of amides is 1. The summed E-state index contributed by atoms with van der Waals surface area (Å²) in [5.74, 6) is 1.10. The minimum Gasteiger partial charge on any atom is -0.338 e. The first-order valence-electron chi connectivity index (χ1n) is 11.4. The fourth-order valence-corrected chi connectivity index (χ4v) is 4.12. The number of fused-ring (bicyclic) bond motifs is 2. The Hall–Kier alpha value is -5.73. The standard InChI is InChI=1S/C29H17N7O/c30-15-17-1-5-19(6-2-17)27-33-23-11-9-21(13-25(23)35-27)29(37)32-22-10-12-24-26(14-22)36-28(34-24)20-7-3-18(16-31)4-8-20/h1-14H,(H,32,37)(H,33,35)(H,34,36). The van der Waals surface area contributed by atoms with E-state index >= 15 is 0 Å². The lowest BCUT2D eigenvalue weighted by Crippen LogP contribution is -2.11. The number of aromatic nitrogens is 4. The second kappa shape index (κ2) is 8.81. The van der Waals surface area contributed by atoms with Gasteiger partial charge in [0.15, 0.2) is 0 Å². The van der Waals surface area contributed by atoms with E-state index in [1.807, 2.05) is 36.4 Å². The van der Waals surface area contributed by atoms with Crippen LogP contribution in [0, 0.1) is 22.7 Å². The smallest absolute Gasteiger partial charge is 0.255 e. The first-order chi connectivity index (χ1) is 18.1. The SMILES string of the molecule is N#Cc1ccc(-c2nc3ccc(NC(=O)c4ccc5nc(-c6ccc(C#N)cc6)[nH]c5c4)cc3[nH]2)cc1. The Labute approximate surface area is 210 Å². The number of carbonyl (C=O) groups is 1. The largest absolute Gasteiger partial charge is 0.338 e. The van der Waals surface area contributed by atoms with Gasteiger partial charge in [0.05, 0.1) is 45.3 Å². The Kier molecular flexibility index (Phi) is 5.18. The Morgan fingerprint density at radius 1 is 0.676 bits per heavy atom. The number of anilines is 1. The zero-order valence-electron chi connectivity index (χ0n) is 19.3. The first kappa shape index (κ1) is 21.8. The molecule has 0 saturated heterocycles. The predicted octanol–water partition coefficient (Wildman–Crippen LogP) is 5.77. The normalized spacial score (nSPS) is 10.8. The second-order valence-corrected chi connectivity index (χ2v) is 8.47. The van der Waals surface area contributed by atoms with Gasteiger partial charge in [-0.05, 0) is 84.9 Å². The molecule has 174 valence electrons. The number of imidazole rings is 2. The zero-order valence-corrected chi connectivity index (χ0v) is 19.3. The van der Waals surface area contributed by atoms with Crippen LogP contribution in [-0.4, -0.2) is 25.8 Å². The number of hydrogen-bond acceptors (Lipinski definition) is 5. The molecule has 1 amide bonds. The van der Waals surface area contributed by atoms with Gasteiger partial charge in [0.2, 0.25) is 0 Å². The van der Waals surface area contributed by atoms with Gasteiger partial charge >= 0.3 is 0 Å². The number of hydrogen-bond donors (Lipinski definition) is 3. The van der Waals surface area contributed by atoms with Crippen molar-refractivity contribution in [1.29, 1.82) is 10.5 Å². The van der Waals surface area contributed by atoms with Gasteiger partial charge in [-0.2, -0.15) is 10.5 Å². The average Bonchev–Trinajstić information content (AvgIpc) is 3.57. The van der Waals surface area contributed by atoms with E-state index < -0.39 is 0 Å². The summed E-state index contributed by atoms with van der Waals surface area (Å²) in [4.78, 5) is 28.7. The van der Waals surface area contributed by atoms with E-state index in [9.17, 15) is 4.79 Å². The molecule has 8 nitrogen and oxygen atoms in total. The molecule has 3 N–H and O–H groups in total. The minimum absolute atomic E-state index is 0.248. The summed E-state index contributed by atoms with van der Waals surface area (Å²) in [7, 11) is 0. The van der Waals surface area contributed by atoms with E-state index in [-0.39, 0.29) is 5.91 Å². The van der Waals surface area contributed by atoms with Gasteiger partial charge in [-0.3, -0.25) is 4.79 Å². The Balaban J connectivity index is 1.23. The molecule has 6 rings (SSSR count). The first-order valence-corrected chi connectivity index (χ1v) is 11.4. The van der Waals surface area contributed by atoms with Gasteiger partial charge in [-0.25, -0.2) is 9.97 Å². The molecule has 37 heavy (non-hydrogen) atoms. The quantitative estimate of drug-likeness (QED) is 0.295. The molecule has 2 heterocycles. The van der Waals surface area contributed by atoms with Crippen LogP contribution in [0.5, 0.6) is 0 Å². The third-order valence-corrected chi connectivity index (χ3v) is 6.06. The molecule has 2 aromatic heterocycles. The fourth-order valence-electron chi connectivity index (χ4n) is 4.12. The molecule has 0 atom stereocenters. The summed E-state index contributed by atoms with van der Waals surface area (Å²) in [6.07, 6.45) is 0. The van der Waals surface area contributed by atoms with Crippen molar-refractivity contribution in [2.45, 2.75) is 0 Å². The number of H-pyrrole nitrogens is 2. The van der Waals surface area contributed by atoms with Gasteiger partial charge in [0.1, 0.15) is 11.6 Å². The number of benzene rings is 4. The van der Waals surface area contributed by atoms with Crippen molar-refractivity contribution in [3.05, 3.63) is 102 Å². The molecule has 0 aliphatic carbocycles. The van der Waals surface area contributed by atoms with Gasteiger partial charge in [-0.15, -0.1) is 0 Å². The predicted molar refractivity (Wildman–Crippen MR) is 140 cm³/mol. The highest BCUT2D eigenvalue weighted by Gasteiger charge is 2.12. The van der Waals surface area contributed by atoms with Gasteiger partial charge < -0.3 is 15.3 Å². The van der Waals surface area contributed by atoms with Crippen molar-refractivity contribution in [2.24, 2.45) is 0 Å². The third kappa shape index (κ3) is 4.16. The van der Waals surface area contributed by atoms with E-state index in [1.54, 1.807) is 48.5 Å². The zero-order chi connectivity index (χ0) is 25.4. The van der Waals surface area contributed by atoms with Crippen LogP contribution in [0.3, 0.4) is 0 Å². The molecule has 0 radical (unpaired) electrons. The van der Waals surface area contributed by atoms with E-state index in [2.05, 4.69) is 37.4 Å². The third-order valence-electron chi connectivity index (χ3n) is 6.06. The second-order valence-electron chi connectivity index (χ2n) is 8.47. The minimum atomic E-state index is -0.248. The molecule has 0 aliphatic heterocycles. The maximum Gasteiger partial charge on any atom is 0.255 e. The molecule has 0 saturated carbocycles. The number of nitriles is 2. The van der Waals surface area contributed by atoms with Crippen LogP contribution >= 0.6 is 0 Å². The number of rotatable bonds is 4. The van der Waals surface area contributed by atoms with E-state index in [1.165, 1.54) is 0 Å². The summed E-state index contributed by atoms with van der Waals surface area (Å²) in [5.41, 5.74) is 7.05. The van der Waals surface area contributed by atoms with Gasteiger partial charge in [-0.1, -0.05) is 0 Å². The molecule has 0 spiro atoms. The lowest BCUT2D eigenvalue weighted by atomic mass is 10.1. The van der Waals surface area contributed by atoms with Crippen LogP contribution in [0.1, 0.15) is 21.5 Å². The maximum absolute atomic E-state index is 13.0. The summed E-state index contributed by atoms with van der Waals surface area (Å²) in [6.45, 7) is 0. The molecule has 4 aromatic carbocycles.